The highest BCUT2D eigenvalue weighted by molar-refractivity contribution is 5.92. The van der Waals surface area contributed by atoms with E-state index in [0.29, 0.717) is 43.3 Å². The van der Waals surface area contributed by atoms with E-state index in [9.17, 15) is 18.8 Å². The second-order valence-electron chi connectivity index (χ2n) is 7.45. The number of ether oxygens (including phenoxy) is 1. The minimum absolute atomic E-state index is 0.179. The molecule has 3 amide bonds. The van der Waals surface area contributed by atoms with E-state index < -0.39 is 18.0 Å². The molecule has 2 fully saturated rings. The Morgan fingerprint density at radius 3 is 2.61 bits per heavy atom. The SMILES string of the molecule is CC(=O)NCC1CN(c2ccc(N3CCN(C(=O)c4ccco4)CC3)c(F)c2)C(=O)O1. The summed E-state index contributed by atoms with van der Waals surface area (Å²) in [6, 6.07) is 7.89. The molecule has 2 aliphatic rings. The van der Waals surface area contributed by atoms with Crippen LogP contribution in [0.15, 0.2) is 41.0 Å². The summed E-state index contributed by atoms with van der Waals surface area (Å²) in [4.78, 5) is 40.4. The van der Waals surface area contributed by atoms with Crippen LogP contribution in [0.1, 0.15) is 17.5 Å². The van der Waals surface area contributed by atoms with Gasteiger partial charge in [-0.3, -0.25) is 14.5 Å². The van der Waals surface area contributed by atoms with Gasteiger partial charge in [0.25, 0.3) is 5.91 Å². The number of furan rings is 1. The zero-order valence-corrected chi connectivity index (χ0v) is 17.0. The Balaban J connectivity index is 1.38. The second-order valence-corrected chi connectivity index (χ2v) is 7.45. The highest BCUT2D eigenvalue weighted by atomic mass is 19.1. The van der Waals surface area contributed by atoms with Crippen LogP contribution in [-0.4, -0.2) is 68.2 Å². The summed E-state index contributed by atoms with van der Waals surface area (Å²) in [5, 5.41) is 2.61. The first-order chi connectivity index (χ1) is 14.9. The number of benzene rings is 1. The fourth-order valence-corrected chi connectivity index (χ4v) is 3.72. The molecule has 10 heteroatoms. The van der Waals surface area contributed by atoms with Gasteiger partial charge in [-0.25, -0.2) is 9.18 Å². The summed E-state index contributed by atoms with van der Waals surface area (Å²) in [5.74, 6) is -0.558. The second kappa shape index (κ2) is 8.66. The third kappa shape index (κ3) is 4.47. The molecule has 31 heavy (non-hydrogen) atoms. The van der Waals surface area contributed by atoms with Crippen molar-refractivity contribution in [3.05, 3.63) is 48.2 Å². The van der Waals surface area contributed by atoms with Crippen molar-refractivity contribution in [3.63, 3.8) is 0 Å². The maximum atomic E-state index is 14.9. The molecule has 2 aliphatic heterocycles. The van der Waals surface area contributed by atoms with Crippen LogP contribution in [0, 0.1) is 5.82 Å². The number of rotatable bonds is 5. The highest BCUT2D eigenvalue weighted by Crippen LogP contribution is 2.28. The quantitative estimate of drug-likeness (QED) is 0.778. The Morgan fingerprint density at radius 1 is 1.19 bits per heavy atom. The molecule has 1 aromatic heterocycles. The van der Waals surface area contributed by atoms with Crippen LogP contribution in [0.3, 0.4) is 0 Å². The van der Waals surface area contributed by atoms with E-state index in [1.165, 1.54) is 24.2 Å². The van der Waals surface area contributed by atoms with Crippen LogP contribution < -0.4 is 15.1 Å². The summed E-state index contributed by atoms with van der Waals surface area (Å²) in [5.41, 5.74) is 0.805. The van der Waals surface area contributed by atoms with E-state index in [1.807, 2.05) is 4.90 Å². The van der Waals surface area contributed by atoms with Gasteiger partial charge < -0.3 is 24.3 Å². The van der Waals surface area contributed by atoms with Gasteiger partial charge in [0.1, 0.15) is 11.9 Å². The third-order valence-corrected chi connectivity index (χ3v) is 5.34. The summed E-state index contributed by atoms with van der Waals surface area (Å²) >= 11 is 0. The van der Waals surface area contributed by atoms with Gasteiger partial charge in [-0.2, -0.15) is 0 Å². The molecule has 9 nitrogen and oxygen atoms in total. The Bertz CT molecular complexity index is 972. The minimum Gasteiger partial charge on any atom is -0.459 e. The van der Waals surface area contributed by atoms with Crippen LogP contribution in [0.25, 0.3) is 0 Å². The third-order valence-electron chi connectivity index (χ3n) is 5.34. The van der Waals surface area contributed by atoms with Gasteiger partial charge >= 0.3 is 6.09 Å². The van der Waals surface area contributed by atoms with Crippen LogP contribution in [0.5, 0.6) is 0 Å². The first kappa shape index (κ1) is 20.7. The number of hydrogen-bond acceptors (Lipinski definition) is 6. The van der Waals surface area contributed by atoms with Crippen molar-refractivity contribution in [3.8, 4) is 0 Å². The van der Waals surface area contributed by atoms with Gasteiger partial charge in [-0.15, -0.1) is 0 Å². The maximum Gasteiger partial charge on any atom is 0.414 e. The van der Waals surface area contributed by atoms with E-state index in [1.54, 1.807) is 29.2 Å². The summed E-state index contributed by atoms with van der Waals surface area (Å²) in [6.07, 6.45) is 0.394. The molecule has 4 rings (SSSR count). The molecule has 3 heterocycles. The highest BCUT2D eigenvalue weighted by Gasteiger charge is 2.33. The number of hydrogen-bond donors (Lipinski definition) is 1. The molecule has 0 spiro atoms. The van der Waals surface area contributed by atoms with Crippen molar-refractivity contribution in [2.24, 2.45) is 0 Å². The fraction of sp³-hybridized carbons (Fsp3) is 0.381. The van der Waals surface area contributed by atoms with Gasteiger partial charge in [-0.1, -0.05) is 0 Å². The molecule has 0 aliphatic carbocycles. The zero-order valence-electron chi connectivity index (χ0n) is 17.0. The van der Waals surface area contributed by atoms with E-state index >= 15 is 0 Å². The number of carbonyl (C=O) groups excluding carboxylic acids is 3. The van der Waals surface area contributed by atoms with Gasteiger partial charge in [0.05, 0.1) is 30.7 Å². The largest absolute Gasteiger partial charge is 0.459 e. The summed E-state index contributed by atoms with van der Waals surface area (Å²) in [7, 11) is 0. The number of anilines is 2. The molecular weight excluding hydrogens is 407 g/mol. The van der Waals surface area contributed by atoms with Gasteiger partial charge in [0.2, 0.25) is 5.91 Å². The van der Waals surface area contributed by atoms with Gasteiger partial charge in [0, 0.05) is 33.1 Å². The standard InChI is InChI=1S/C21H23FN4O5/c1-14(27)23-12-16-13-26(21(29)31-16)15-4-5-18(17(22)11-15)24-6-8-25(9-7-24)20(28)19-3-2-10-30-19/h2-5,10-11,16H,6-9,12-13H2,1H3,(H,23,27). The van der Waals surface area contributed by atoms with Crippen LogP contribution in [-0.2, 0) is 9.53 Å². The van der Waals surface area contributed by atoms with Crippen LogP contribution in [0.2, 0.25) is 0 Å². The molecule has 164 valence electrons. The Hall–Kier alpha value is -3.56. The predicted molar refractivity (Wildman–Crippen MR) is 110 cm³/mol. The lowest BCUT2D eigenvalue weighted by Crippen LogP contribution is -2.49. The van der Waals surface area contributed by atoms with E-state index in [-0.39, 0.29) is 24.9 Å². The lowest BCUT2D eigenvalue weighted by atomic mass is 10.2. The van der Waals surface area contributed by atoms with E-state index in [0.717, 1.165) is 0 Å². The molecule has 0 saturated carbocycles. The van der Waals surface area contributed by atoms with Gasteiger partial charge in [-0.05, 0) is 30.3 Å². The molecular formula is C21H23FN4O5. The molecule has 0 radical (unpaired) electrons. The van der Waals surface area contributed by atoms with Crippen molar-refractivity contribution in [2.45, 2.75) is 13.0 Å². The van der Waals surface area contributed by atoms with Crippen molar-refractivity contribution in [1.82, 2.24) is 10.2 Å². The lowest BCUT2D eigenvalue weighted by Gasteiger charge is -2.36. The number of nitrogens with zero attached hydrogens (tertiary/aromatic N) is 3. The topological polar surface area (TPSA) is 95.3 Å². The van der Waals surface area contributed by atoms with Crippen molar-refractivity contribution < 1.29 is 27.9 Å². The number of piperazine rings is 1. The van der Waals surface area contributed by atoms with Crippen LogP contribution in [0.4, 0.5) is 20.6 Å². The van der Waals surface area contributed by atoms with Crippen molar-refractivity contribution in [1.29, 1.82) is 0 Å². The Labute approximate surface area is 178 Å². The average Bonchev–Trinajstić information content (AvgIpc) is 3.42. The summed E-state index contributed by atoms with van der Waals surface area (Å²) in [6.45, 7) is 3.68. The number of nitrogens with one attached hydrogen (secondary N) is 1. The molecule has 1 aromatic carbocycles. The smallest absolute Gasteiger partial charge is 0.414 e. The molecule has 2 aromatic rings. The van der Waals surface area contributed by atoms with E-state index in [2.05, 4.69) is 5.32 Å². The van der Waals surface area contributed by atoms with E-state index in [4.69, 9.17) is 9.15 Å². The number of halogens is 1. The number of carbonyl (C=O) groups is 3. The monoisotopic (exact) mass is 430 g/mol. The van der Waals surface area contributed by atoms with Crippen molar-refractivity contribution >= 4 is 29.3 Å². The first-order valence-electron chi connectivity index (χ1n) is 10.0. The predicted octanol–water partition coefficient (Wildman–Crippen LogP) is 1.84. The van der Waals surface area contributed by atoms with Crippen LogP contribution >= 0.6 is 0 Å². The lowest BCUT2D eigenvalue weighted by molar-refractivity contribution is -0.119. The molecule has 0 bridgehead atoms. The molecule has 1 atom stereocenters. The molecule has 2 saturated heterocycles. The zero-order chi connectivity index (χ0) is 22.0. The number of cyclic esters (lactones) is 1. The number of amides is 3. The van der Waals surface area contributed by atoms with Crippen molar-refractivity contribution in [2.75, 3.05) is 49.1 Å². The normalized spacial score (nSPS) is 18.8. The molecule has 1 N–H and O–H groups in total. The summed E-state index contributed by atoms with van der Waals surface area (Å²) < 4.78 is 25.3. The minimum atomic E-state index is -0.576. The molecule has 1 unspecified atom stereocenters. The Kier molecular flexibility index (Phi) is 5.79. The average molecular weight is 430 g/mol. The first-order valence-corrected chi connectivity index (χ1v) is 10.0. The van der Waals surface area contributed by atoms with Gasteiger partial charge in [0.15, 0.2) is 5.76 Å². The fourth-order valence-electron chi connectivity index (χ4n) is 3.72. The Morgan fingerprint density at radius 2 is 1.97 bits per heavy atom. The maximum absolute atomic E-state index is 14.9.